The molecule has 2 heterocycles. The highest BCUT2D eigenvalue weighted by Gasteiger charge is 2.60. The fraction of sp³-hybridized carbons (Fsp3) is 0.375. The Kier molecular flexibility index (Phi) is 3.24. The lowest BCUT2D eigenvalue weighted by atomic mass is 9.73. The molecule has 2 aliphatic heterocycles. The minimum atomic E-state index is -1.13. The molecule has 3 rings (SSSR count). The summed E-state index contributed by atoms with van der Waals surface area (Å²) in [6.07, 6.45) is 0.590. The van der Waals surface area contributed by atoms with E-state index >= 15 is 0 Å². The van der Waals surface area contributed by atoms with Crippen LogP contribution in [0.3, 0.4) is 0 Å². The smallest absolute Gasteiger partial charge is 0.352 e. The number of nitrogens with zero attached hydrogens (tertiary/aromatic N) is 2. The summed E-state index contributed by atoms with van der Waals surface area (Å²) in [5.74, 6) is -1.59. The molecule has 0 aromatic heterocycles. The van der Waals surface area contributed by atoms with Crippen LogP contribution in [-0.4, -0.2) is 32.3 Å². The Morgan fingerprint density at radius 1 is 1.48 bits per heavy atom. The number of carboxylic acids is 1. The molecule has 0 spiro atoms. The van der Waals surface area contributed by atoms with Crippen molar-refractivity contribution in [2.24, 2.45) is 5.92 Å². The average molecular weight is 316 g/mol. The Balaban J connectivity index is 2.02. The summed E-state index contributed by atoms with van der Waals surface area (Å²) >= 11 is 0. The second kappa shape index (κ2) is 4.91. The van der Waals surface area contributed by atoms with Gasteiger partial charge in [0.25, 0.3) is 5.69 Å². The second-order valence-electron chi connectivity index (χ2n) is 6.24. The van der Waals surface area contributed by atoms with Crippen molar-refractivity contribution < 1.29 is 19.6 Å². The van der Waals surface area contributed by atoms with Crippen molar-refractivity contribution in [3.63, 3.8) is 0 Å². The standard InChI is InChI=1S/C16H16N2O5/c1-9-11(7-10-5-3-4-6-12(10)18(22)23)16(2)8-13(19)17(16)14(9)15(20)21/h3-6,11H,7-8H2,1-2H3,(H,20,21)/t11?,16-/m0/s1. The van der Waals surface area contributed by atoms with Crippen LogP contribution in [0.25, 0.3) is 0 Å². The third-order valence-electron chi connectivity index (χ3n) is 4.95. The zero-order chi connectivity index (χ0) is 16.9. The number of fused-ring (bicyclic) bond motifs is 1. The second-order valence-corrected chi connectivity index (χ2v) is 6.24. The molecule has 0 aliphatic carbocycles. The van der Waals surface area contributed by atoms with E-state index in [1.54, 1.807) is 25.1 Å². The summed E-state index contributed by atoms with van der Waals surface area (Å²) < 4.78 is 0. The molecule has 2 aliphatic rings. The van der Waals surface area contributed by atoms with Crippen LogP contribution in [0.15, 0.2) is 35.5 Å². The molecule has 1 aromatic rings. The number of hydrogen-bond acceptors (Lipinski definition) is 4. The molecule has 2 atom stereocenters. The Labute approximate surface area is 132 Å². The van der Waals surface area contributed by atoms with Gasteiger partial charge in [0.1, 0.15) is 5.70 Å². The normalized spacial score (nSPS) is 26.1. The molecule has 1 fully saturated rings. The topological polar surface area (TPSA) is 101 Å². The van der Waals surface area contributed by atoms with Gasteiger partial charge in [-0.2, -0.15) is 0 Å². The highest BCUT2D eigenvalue weighted by molar-refractivity contribution is 5.99. The lowest BCUT2D eigenvalue weighted by Crippen LogP contribution is -2.62. The first kappa shape index (κ1) is 15.2. The van der Waals surface area contributed by atoms with Gasteiger partial charge in [-0.3, -0.25) is 19.8 Å². The van der Waals surface area contributed by atoms with Crippen LogP contribution in [0.4, 0.5) is 5.69 Å². The molecule has 120 valence electrons. The maximum absolute atomic E-state index is 11.9. The monoisotopic (exact) mass is 316 g/mol. The van der Waals surface area contributed by atoms with Gasteiger partial charge in [-0.1, -0.05) is 18.2 Å². The fourth-order valence-electron chi connectivity index (χ4n) is 3.84. The minimum absolute atomic E-state index is 0.0184. The summed E-state index contributed by atoms with van der Waals surface area (Å²) in [4.78, 5) is 35.5. The van der Waals surface area contributed by atoms with E-state index in [0.717, 1.165) is 0 Å². The van der Waals surface area contributed by atoms with Crippen molar-refractivity contribution >= 4 is 17.6 Å². The minimum Gasteiger partial charge on any atom is -0.477 e. The molecule has 0 radical (unpaired) electrons. The third kappa shape index (κ3) is 2.03. The maximum Gasteiger partial charge on any atom is 0.352 e. The average Bonchev–Trinajstić information content (AvgIpc) is 2.65. The van der Waals surface area contributed by atoms with Gasteiger partial charge >= 0.3 is 5.97 Å². The van der Waals surface area contributed by atoms with E-state index in [-0.39, 0.29) is 29.6 Å². The molecule has 0 saturated carbocycles. The summed E-state index contributed by atoms with van der Waals surface area (Å²) in [5, 5.41) is 20.6. The van der Waals surface area contributed by atoms with Crippen LogP contribution in [0.1, 0.15) is 25.8 Å². The molecule has 1 unspecified atom stereocenters. The Hall–Kier alpha value is -2.70. The molecule has 1 amide bonds. The molecular weight excluding hydrogens is 300 g/mol. The van der Waals surface area contributed by atoms with Gasteiger partial charge in [-0.25, -0.2) is 4.79 Å². The van der Waals surface area contributed by atoms with E-state index in [2.05, 4.69) is 0 Å². The number of aliphatic carboxylic acids is 1. The number of carboxylic acid groups (broad SMARTS) is 1. The maximum atomic E-state index is 11.9. The quantitative estimate of drug-likeness (QED) is 0.521. The molecule has 1 aromatic carbocycles. The first-order valence-electron chi connectivity index (χ1n) is 7.27. The molecule has 7 heteroatoms. The fourth-order valence-corrected chi connectivity index (χ4v) is 3.84. The summed E-state index contributed by atoms with van der Waals surface area (Å²) in [6, 6.07) is 6.44. The van der Waals surface area contributed by atoms with Gasteiger partial charge in [0.2, 0.25) is 5.91 Å². The molecule has 1 N–H and O–H groups in total. The largest absolute Gasteiger partial charge is 0.477 e. The van der Waals surface area contributed by atoms with Crippen LogP contribution < -0.4 is 0 Å². The van der Waals surface area contributed by atoms with Crippen LogP contribution >= 0.6 is 0 Å². The van der Waals surface area contributed by atoms with Crippen molar-refractivity contribution in [2.45, 2.75) is 32.2 Å². The summed E-state index contributed by atoms with van der Waals surface area (Å²) in [7, 11) is 0. The van der Waals surface area contributed by atoms with E-state index in [1.807, 2.05) is 6.92 Å². The number of nitro groups is 1. The number of benzene rings is 1. The van der Waals surface area contributed by atoms with Crippen LogP contribution in [-0.2, 0) is 16.0 Å². The van der Waals surface area contributed by atoms with Gasteiger partial charge in [0, 0.05) is 17.5 Å². The number of rotatable bonds is 4. The van der Waals surface area contributed by atoms with Crippen LogP contribution in [0.5, 0.6) is 0 Å². The number of para-hydroxylation sites is 1. The van der Waals surface area contributed by atoms with E-state index in [0.29, 0.717) is 17.6 Å². The number of β-lactam (4-membered cyclic amide) rings is 1. The van der Waals surface area contributed by atoms with Gasteiger partial charge in [-0.15, -0.1) is 0 Å². The van der Waals surface area contributed by atoms with Gasteiger partial charge in [0.15, 0.2) is 0 Å². The van der Waals surface area contributed by atoms with Crippen molar-refractivity contribution in [3.05, 3.63) is 51.2 Å². The zero-order valence-corrected chi connectivity index (χ0v) is 12.8. The number of amides is 1. The van der Waals surface area contributed by atoms with E-state index in [4.69, 9.17) is 0 Å². The number of carbonyl (C=O) groups excluding carboxylic acids is 1. The first-order valence-corrected chi connectivity index (χ1v) is 7.27. The van der Waals surface area contributed by atoms with Crippen molar-refractivity contribution in [2.75, 3.05) is 0 Å². The Morgan fingerprint density at radius 3 is 2.65 bits per heavy atom. The lowest BCUT2D eigenvalue weighted by molar-refractivity contribution is -0.385. The SMILES string of the molecule is CC1=C(C(=O)O)N2C(=O)C[C@@]2(C)C1Cc1ccccc1[N+](=O)[O-]. The zero-order valence-electron chi connectivity index (χ0n) is 12.8. The van der Waals surface area contributed by atoms with Crippen molar-refractivity contribution in [1.29, 1.82) is 0 Å². The Bertz CT molecular complexity index is 769. The molecule has 0 bridgehead atoms. The Morgan fingerprint density at radius 2 is 2.13 bits per heavy atom. The predicted octanol–water partition coefficient (Wildman–Crippen LogP) is 2.12. The third-order valence-corrected chi connectivity index (χ3v) is 4.95. The van der Waals surface area contributed by atoms with E-state index < -0.39 is 16.4 Å². The number of nitro benzene ring substituents is 1. The van der Waals surface area contributed by atoms with Gasteiger partial charge in [-0.05, 0) is 25.8 Å². The van der Waals surface area contributed by atoms with E-state index in [1.165, 1.54) is 11.0 Å². The predicted molar refractivity (Wildman–Crippen MR) is 80.5 cm³/mol. The number of carbonyl (C=O) groups is 2. The van der Waals surface area contributed by atoms with Gasteiger partial charge in [0.05, 0.1) is 16.9 Å². The lowest BCUT2D eigenvalue weighted by Gasteiger charge is -2.48. The number of hydrogen-bond donors (Lipinski definition) is 1. The molecule has 1 saturated heterocycles. The first-order chi connectivity index (χ1) is 10.8. The van der Waals surface area contributed by atoms with Crippen molar-refractivity contribution in [1.82, 2.24) is 4.90 Å². The van der Waals surface area contributed by atoms with Gasteiger partial charge < -0.3 is 5.11 Å². The van der Waals surface area contributed by atoms with Crippen molar-refractivity contribution in [3.8, 4) is 0 Å². The highest BCUT2D eigenvalue weighted by Crippen LogP contribution is 2.52. The molecule has 7 nitrogen and oxygen atoms in total. The highest BCUT2D eigenvalue weighted by atomic mass is 16.6. The molecule has 23 heavy (non-hydrogen) atoms. The summed E-state index contributed by atoms with van der Waals surface area (Å²) in [6.45, 7) is 3.53. The van der Waals surface area contributed by atoms with Crippen LogP contribution in [0.2, 0.25) is 0 Å². The van der Waals surface area contributed by atoms with Crippen LogP contribution in [0, 0.1) is 16.0 Å². The molecular formula is C16H16N2O5. The van der Waals surface area contributed by atoms with E-state index in [9.17, 15) is 24.8 Å². The summed E-state index contributed by atoms with van der Waals surface area (Å²) in [5.41, 5.74) is 0.578.